The summed E-state index contributed by atoms with van der Waals surface area (Å²) in [5.41, 5.74) is 3.40. The highest BCUT2D eigenvalue weighted by Crippen LogP contribution is 2.37. The third-order valence-electron chi connectivity index (χ3n) is 5.26. The zero-order chi connectivity index (χ0) is 26.2. The van der Waals surface area contributed by atoms with Crippen LogP contribution in [0.2, 0.25) is 0 Å². The quantitative estimate of drug-likeness (QED) is 0.273. The molecule has 3 aromatic carbocycles. The maximum Gasteiger partial charge on any atom is 0.266 e. The van der Waals surface area contributed by atoms with Crippen molar-refractivity contribution in [1.82, 2.24) is 0 Å². The zero-order valence-corrected chi connectivity index (χ0v) is 21.4. The molecule has 184 valence electrons. The van der Waals surface area contributed by atoms with Crippen LogP contribution >= 0.6 is 15.9 Å². The highest BCUT2D eigenvalue weighted by atomic mass is 79.9. The molecule has 0 aliphatic heterocycles. The highest BCUT2D eigenvalue weighted by molar-refractivity contribution is 9.10. The van der Waals surface area contributed by atoms with Gasteiger partial charge in [-0.25, -0.2) is 4.39 Å². The normalized spacial score (nSPS) is 10.8. The van der Waals surface area contributed by atoms with Gasteiger partial charge in [0, 0.05) is 11.4 Å². The number of aryl methyl sites for hydroxylation is 1. The molecular formula is C27H23BrFN3O4. The predicted molar refractivity (Wildman–Crippen MR) is 139 cm³/mol. The minimum Gasteiger partial charge on any atom is -0.493 e. The van der Waals surface area contributed by atoms with Gasteiger partial charge in [0.25, 0.3) is 11.8 Å². The van der Waals surface area contributed by atoms with E-state index in [1.54, 1.807) is 12.1 Å². The molecule has 0 aliphatic carbocycles. The molecule has 2 amide bonds. The van der Waals surface area contributed by atoms with E-state index in [9.17, 15) is 19.2 Å². The van der Waals surface area contributed by atoms with Crippen molar-refractivity contribution >= 4 is 45.2 Å². The molecule has 0 heterocycles. The highest BCUT2D eigenvalue weighted by Gasteiger charge is 2.16. The first-order valence-corrected chi connectivity index (χ1v) is 11.6. The number of rotatable bonds is 8. The fourth-order valence-electron chi connectivity index (χ4n) is 3.22. The first kappa shape index (κ1) is 26.4. The number of methoxy groups -OCH3 is 1. The minimum absolute atomic E-state index is 0.171. The average Bonchev–Trinajstić information content (AvgIpc) is 2.85. The number of carbonyl (C=O) groups excluding carboxylic acids is 2. The Morgan fingerprint density at radius 1 is 1.11 bits per heavy atom. The Bertz CT molecular complexity index is 1360. The van der Waals surface area contributed by atoms with Gasteiger partial charge in [0.2, 0.25) is 0 Å². The van der Waals surface area contributed by atoms with Crippen molar-refractivity contribution in [3.05, 3.63) is 87.2 Å². The van der Waals surface area contributed by atoms with Gasteiger partial charge in [-0.1, -0.05) is 12.1 Å². The van der Waals surface area contributed by atoms with Crippen molar-refractivity contribution < 1.29 is 23.5 Å². The number of halogens is 2. The van der Waals surface area contributed by atoms with Crippen LogP contribution in [-0.2, 0) is 9.59 Å². The third kappa shape index (κ3) is 6.71. The Labute approximate surface area is 216 Å². The molecule has 36 heavy (non-hydrogen) atoms. The monoisotopic (exact) mass is 551 g/mol. The maximum absolute atomic E-state index is 13.1. The van der Waals surface area contributed by atoms with E-state index in [1.807, 2.05) is 38.1 Å². The molecule has 7 nitrogen and oxygen atoms in total. The molecular weight excluding hydrogens is 529 g/mol. The summed E-state index contributed by atoms with van der Waals surface area (Å²) in [5.74, 6) is -0.842. The molecule has 2 N–H and O–H groups in total. The second kappa shape index (κ2) is 12.0. The third-order valence-corrected chi connectivity index (χ3v) is 5.85. The maximum atomic E-state index is 13.1. The number of amides is 2. The molecule has 0 saturated carbocycles. The lowest BCUT2D eigenvalue weighted by molar-refractivity contribution is -0.118. The number of nitrogens with zero attached hydrogens (tertiary/aromatic N) is 1. The van der Waals surface area contributed by atoms with E-state index in [-0.39, 0.29) is 18.1 Å². The van der Waals surface area contributed by atoms with Gasteiger partial charge in [-0.15, -0.1) is 0 Å². The smallest absolute Gasteiger partial charge is 0.266 e. The van der Waals surface area contributed by atoms with Gasteiger partial charge in [-0.2, -0.15) is 5.26 Å². The Balaban J connectivity index is 1.74. The molecule has 0 unspecified atom stereocenters. The molecule has 0 aromatic heterocycles. The fourth-order valence-corrected chi connectivity index (χ4v) is 3.79. The molecule has 3 aromatic rings. The first-order chi connectivity index (χ1) is 17.2. The van der Waals surface area contributed by atoms with Gasteiger partial charge in [0.1, 0.15) is 17.5 Å². The van der Waals surface area contributed by atoms with Gasteiger partial charge in [-0.05, 0) is 95.0 Å². The summed E-state index contributed by atoms with van der Waals surface area (Å²) in [7, 11) is 1.44. The van der Waals surface area contributed by atoms with E-state index >= 15 is 0 Å². The Morgan fingerprint density at radius 2 is 1.83 bits per heavy atom. The molecule has 0 saturated heterocycles. The SMILES string of the molecule is COc1cc(/C=C(\C#N)C(=O)Nc2ccc(F)cc2)cc(Br)c1OCC(=O)Nc1cccc(C)c1C. The molecule has 0 bridgehead atoms. The van der Waals surface area contributed by atoms with Crippen LogP contribution < -0.4 is 20.1 Å². The van der Waals surface area contributed by atoms with E-state index in [0.717, 1.165) is 11.1 Å². The van der Waals surface area contributed by atoms with Crippen molar-refractivity contribution in [1.29, 1.82) is 5.26 Å². The number of carbonyl (C=O) groups is 2. The number of hydrogen-bond acceptors (Lipinski definition) is 5. The van der Waals surface area contributed by atoms with E-state index in [2.05, 4.69) is 26.6 Å². The van der Waals surface area contributed by atoms with Crippen LogP contribution in [-0.4, -0.2) is 25.5 Å². The number of nitriles is 1. The van der Waals surface area contributed by atoms with Crippen molar-refractivity contribution in [2.24, 2.45) is 0 Å². The lowest BCUT2D eigenvalue weighted by Crippen LogP contribution is -2.21. The summed E-state index contributed by atoms with van der Waals surface area (Å²) >= 11 is 3.40. The molecule has 0 aliphatic rings. The lowest BCUT2D eigenvalue weighted by Gasteiger charge is -2.15. The minimum atomic E-state index is -0.650. The van der Waals surface area contributed by atoms with E-state index < -0.39 is 11.7 Å². The van der Waals surface area contributed by atoms with Crippen LogP contribution in [0.25, 0.3) is 6.08 Å². The molecule has 0 atom stereocenters. The van der Waals surface area contributed by atoms with Crippen molar-refractivity contribution in [3.63, 3.8) is 0 Å². The zero-order valence-electron chi connectivity index (χ0n) is 19.8. The van der Waals surface area contributed by atoms with E-state index in [0.29, 0.717) is 32.9 Å². The molecule has 9 heteroatoms. The predicted octanol–water partition coefficient (Wildman–Crippen LogP) is 5.78. The standard InChI is InChI=1S/C27H23BrFN3O4/c1-16-5-4-6-23(17(16)2)32-25(33)15-36-26-22(28)12-18(13-24(26)35-3)11-19(14-30)27(34)31-21-9-7-20(29)8-10-21/h4-13H,15H2,1-3H3,(H,31,34)(H,32,33)/b19-11+. The number of nitrogens with one attached hydrogen (secondary N) is 2. The van der Waals surface area contributed by atoms with Crippen molar-refractivity contribution in [2.75, 3.05) is 24.4 Å². The number of anilines is 2. The number of benzene rings is 3. The Morgan fingerprint density at radius 3 is 2.50 bits per heavy atom. The van der Waals surface area contributed by atoms with Gasteiger partial charge in [0.05, 0.1) is 11.6 Å². The van der Waals surface area contributed by atoms with E-state index in [4.69, 9.17) is 9.47 Å². The summed E-state index contributed by atoms with van der Waals surface area (Å²) in [6, 6.07) is 15.9. The van der Waals surface area contributed by atoms with Crippen molar-refractivity contribution in [3.8, 4) is 17.6 Å². The van der Waals surface area contributed by atoms with Gasteiger partial charge in [-0.3, -0.25) is 9.59 Å². The molecule has 0 spiro atoms. The largest absolute Gasteiger partial charge is 0.493 e. The van der Waals surface area contributed by atoms with Crippen LogP contribution in [0.4, 0.5) is 15.8 Å². The topological polar surface area (TPSA) is 100 Å². The number of hydrogen-bond donors (Lipinski definition) is 2. The Hall–Kier alpha value is -4.16. The second-order valence-electron chi connectivity index (χ2n) is 7.75. The average molecular weight is 552 g/mol. The van der Waals surface area contributed by atoms with Crippen molar-refractivity contribution in [2.45, 2.75) is 13.8 Å². The molecule has 0 radical (unpaired) electrons. The van der Waals surface area contributed by atoms with Crippen LogP contribution in [0.15, 0.2) is 64.6 Å². The second-order valence-corrected chi connectivity index (χ2v) is 8.60. The summed E-state index contributed by atoms with van der Waals surface area (Å²) in [6.45, 7) is 3.62. The fraction of sp³-hybridized carbons (Fsp3) is 0.148. The number of ether oxygens (including phenoxy) is 2. The van der Waals surface area contributed by atoms with Gasteiger partial charge < -0.3 is 20.1 Å². The van der Waals surface area contributed by atoms with Crippen LogP contribution in [0.5, 0.6) is 11.5 Å². The van der Waals surface area contributed by atoms with Crippen LogP contribution in [0.1, 0.15) is 16.7 Å². The van der Waals surface area contributed by atoms with Crippen LogP contribution in [0.3, 0.4) is 0 Å². The van der Waals surface area contributed by atoms with Gasteiger partial charge in [0.15, 0.2) is 18.1 Å². The first-order valence-electron chi connectivity index (χ1n) is 10.8. The molecule has 3 rings (SSSR count). The summed E-state index contributed by atoms with van der Waals surface area (Å²) in [4.78, 5) is 25.0. The van der Waals surface area contributed by atoms with Gasteiger partial charge >= 0.3 is 0 Å². The van der Waals surface area contributed by atoms with Crippen LogP contribution in [0, 0.1) is 31.0 Å². The summed E-state index contributed by atoms with van der Waals surface area (Å²) in [5, 5.41) is 14.9. The Kier molecular flexibility index (Phi) is 8.81. The molecule has 0 fully saturated rings. The lowest BCUT2D eigenvalue weighted by atomic mass is 10.1. The van der Waals surface area contributed by atoms with E-state index in [1.165, 1.54) is 37.5 Å². The summed E-state index contributed by atoms with van der Waals surface area (Å²) < 4.78 is 24.6. The summed E-state index contributed by atoms with van der Waals surface area (Å²) in [6.07, 6.45) is 1.38.